The summed E-state index contributed by atoms with van der Waals surface area (Å²) in [4.78, 5) is 82.4. The second-order valence-electron chi connectivity index (χ2n) is 14.6. The van der Waals surface area contributed by atoms with Crippen molar-refractivity contribution < 1.29 is 67.8 Å². The third-order valence-electron chi connectivity index (χ3n) is 9.02. The van der Waals surface area contributed by atoms with Crippen LogP contribution in [-0.4, -0.2) is 156 Å². The molecule has 0 aliphatic rings. The lowest BCUT2D eigenvalue weighted by Gasteiger charge is -2.18. The predicted octanol–water partition coefficient (Wildman–Crippen LogP) is 1.37. The van der Waals surface area contributed by atoms with Gasteiger partial charge in [-0.2, -0.15) is 0 Å². The topological polar surface area (TPSA) is 308 Å². The van der Waals surface area contributed by atoms with Crippen LogP contribution < -0.4 is 26.6 Å². The molecule has 22 heteroatoms. The minimum absolute atomic E-state index is 0.00278. The number of rotatable bonds is 36. The van der Waals surface area contributed by atoms with E-state index >= 15 is 0 Å². The Bertz CT molecular complexity index is 1690. The molecule has 63 heavy (non-hydrogen) atoms. The molecular formula is C41H64N8O14. The van der Waals surface area contributed by atoms with Crippen LogP contribution in [0.1, 0.15) is 98.0 Å². The zero-order chi connectivity index (χ0) is 46.2. The number of carboxylic acids is 3. The smallest absolute Gasteiger partial charge is 0.326 e. The Kier molecular flexibility index (Phi) is 27.2. The Balaban J connectivity index is 1.49. The Labute approximate surface area is 366 Å². The summed E-state index contributed by atoms with van der Waals surface area (Å²) < 4.78 is 23.2. The van der Waals surface area contributed by atoms with Crippen LogP contribution in [0, 0.1) is 0 Å². The maximum Gasteiger partial charge on any atom is 0.326 e. The lowest BCUT2D eigenvalue weighted by Crippen LogP contribution is -2.51. The lowest BCUT2D eigenvalue weighted by atomic mass is 10.1. The van der Waals surface area contributed by atoms with E-state index in [4.69, 9.17) is 24.1 Å². The van der Waals surface area contributed by atoms with Gasteiger partial charge in [0.05, 0.1) is 51.4 Å². The number of carbonyl (C=O) groups is 7. The van der Waals surface area contributed by atoms with Crippen molar-refractivity contribution in [1.82, 2.24) is 41.6 Å². The van der Waals surface area contributed by atoms with Crippen molar-refractivity contribution in [3.8, 4) is 0 Å². The van der Waals surface area contributed by atoms with Crippen molar-refractivity contribution in [3.05, 3.63) is 47.3 Å². The van der Waals surface area contributed by atoms with Gasteiger partial charge in [-0.05, 0) is 83.1 Å². The fourth-order valence-corrected chi connectivity index (χ4v) is 5.62. The number of amides is 5. The van der Waals surface area contributed by atoms with Gasteiger partial charge in [0, 0.05) is 49.9 Å². The van der Waals surface area contributed by atoms with Crippen molar-refractivity contribution >= 4 is 41.7 Å². The van der Waals surface area contributed by atoms with Crippen LogP contribution in [0.25, 0.3) is 0 Å². The molecule has 0 aliphatic carbocycles. The Morgan fingerprint density at radius 1 is 0.651 bits per heavy atom. The molecule has 0 aliphatic heterocycles. The summed E-state index contributed by atoms with van der Waals surface area (Å²) in [5.41, 5.74) is 1.69. The van der Waals surface area contributed by atoms with Crippen LogP contribution in [0.5, 0.6) is 0 Å². The van der Waals surface area contributed by atoms with Crippen LogP contribution in [0.3, 0.4) is 0 Å². The molecule has 5 amide bonds. The molecule has 0 unspecified atom stereocenters. The number of hydrogen-bond donors (Lipinski definition) is 8. The number of aromatic nitrogens is 3. The normalized spacial score (nSPS) is 12.0. The van der Waals surface area contributed by atoms with Crippen LogP contribution in [0.15, 0.2) is 30.5 Å². The van der Waals surface area contributed by atoms with Crippen LogP contribution in [-0.2, 0) is 51.1 Å². The molecule has 1 aromatic carbocycles. The van der Waals surface area contributed by atoms with Crippen LogP contribution in [0.4, 0.5) is 4.79 Å². The molecule has 1 aromatic heterocycles. The average molecular weight is 893 g/mol. The molecule has 8 N–H and O–H groups in total. The molecule has 1 heterocycles. The zero-order valence-electron chi connectivity index (χ0n) is 36.1. The highest BCUT2D eigenvalue weighted by atomic mass is 16.5. The minimum atomic E-state index is -1.47. The number of unbranched alkanes of at least 4 members (excludes halogenated alkanes) is 4. The van der Waals surface area contributed by atoms with E-state index in [1.807, 2.05) is 20.0 Å². The van der Waals surface area contributed by atoms with Crippen LogP contribution in [0.2, 0.25) is 0 Å². The van der Waals surface area contributed by atoms with Gasteiger partial charge in [-0.25, -0.2) is 14.4 Å². The third kappa shape index (κ3) is 25.7. The van der Waals surface area contributed by atoms with Gasteiger partial charge in [0.25, 0.3) is 11.8 Å². The van der Waals surface area contributed by atoms with Crippen molar-refractivity contribution in [3.63, 3.8) is 0 Å². The standard InChI is InChI=1S/C41H64N8O14/c1-29(2)63-28-35(50)42-18-21-60-23-25-62-26-24-61-22-19-44-38(54)31-13-11-30(12-14-31)37(53)43-17-7-4-3-5-9-32-27-49(48-47-32)20-8-6-10-33(39(55)56)45-41(59)46-34(40(57)58)15-16-36(51)52/h11-14,27,29,33-34H,3-10,15-26,28H2,1-2H3,(H,42,50)(H,43,53)(H,44,54)(H,51,52)(H,55,56)(H,57,58)(H2,45,46,59)/t33-,34-/m0/s1. The molecule has 0 fully saturated rings. The number of carbonyl (C=O) groups excluding carboxylic acids is 4. The van der Waals surface area contributed by atoms with Crippen LogP contribution >= 0.6 is 0 Å². The van der Waals surface area contributed by atoms with E-state index in [1.54, 1.807) is 28.9 Å². The van der Waals surface area contributed by atoms with Gasteiger partial charge < -0.3 is 60.9 Å². The Morgan fingerprint density at radius 2 is 1.19 bits per heavy atom. The number of aryl methyl sites for hydroxylation is 2. The maximum atomic E-state index is 12.6. The van der Waals surface area contributed by atoms with E-state index in [0.717, 1.165) is 37.8 Å². The van der Waals surface area contributed by atoms with E-state index in [9.17, 15) is 43.8 Å². The van der Waals surface area contributed by atoms with Crippen molar-refractivity contribution in [2.75, 3.05) is 65.9 Å². The molecule has 0 spiro atoms. The van der Waals surface area contributed by atoms with Gasteiger partial charge in [-0.3, -0.25) is 23.9 Å². The quantitative estimate of drug-likeness (QED) is 0.0448. The van der Waals surface area contributed by atoms with Gasteiger partial charge >= 0.3 is 23.9 Å². The first-order valence-corrected chi connectivity index (χ1v) is 21.2. The molecule has 2 atom stereocenters. The minimum Gasteiger partial charge on any atom is -0.481 e. The summed E-state index contributed by atoms with van der Waals surface area (Å²) in [6, 6.07) is 2.65. The third-order valence-corrected chi connectivity index (χ3v) is 9.02. The van der Waals surface area contributed by atoms with E-state index in [2.05, 4.69) is 36.9 Å². The summed E-state index contributed by atoms with van der Waals surface area (Å²) in [6.07, 6.45) is 6.25. The summed E-state index contributed by atoms with van der Waals surface area (Å²) in [5, 5.41) is 48.4. The Hall–Kier alpha value is -5.71. The average Bonchev–Trinajstić information content (AvgIpc) is 3.70. The lowest BCUT2D eigenvalue weighted by molar-refractivity contribution is -0.141. The monoisotopic (exact) mass is 892 g/mol. The van der Waals surface area contributed by atoms with Crippen molar-refractivity contribution in [2.24, 2.45) is 0 Å². The fourth-order valence-electron chi connectivity index (χ4n) is 5.62. The summed E-state index contributed by atoms with van der Waals surface area (Å²) in [6.45, 7) is 7.62. The fraction of sp³-hybridized carbons (Fsp3) is 0.634. The van der Waals surface area contributed by atoms with Crippen molar-refractivity contribution in [1.29, 1.82) is 0 Å². The largest absolute Gasteiger partial charge is 0.481 e. The molecule has 2 aromatic rings. The highest BCUT2D eigenvalue weighted by molar-refractivity contribution is 5.97. The highest BCUT2D eigenvalue weighted by Crippen LogP contribution is 2.09. The summed E-state index contributed by atoms with van der Waals surface area (Å²) in [5.74, 6) is -4.63. The first kappa shape index (κ1) is 53.4. The van der Waals surface area contributed by atoms with Gasteiger partial charge in [0.15, 0.2) is 0 Å². The second-order valence-corrected chi connectivity index (χ2v) is 14.6. The Morgan fingerprint density at radius 3 is 1.76 bits per heavy atom. The number of carboxylic acid groups (broad SMARTS) is 3. The zero-order valence-corrected chi connectivity index (χ0v) is 36.1. The molecule has 0 bridgehead atoms. The summed E-state index contributed by atoms with van der Waals surface area (Å²) >= 11 is 0. The number of aliphatic carboxylic acids is 3. The SMILES string of the molecule is CC(C)OCC(=O)NCCOCCOCCOCCNC(=O)c1ccc(C(=O)NCCCCCCc2cn(CCCC[C@H](NC(=O)N[C@@H](CCC(=O)O)C(=O)O)C(=O)O)nn2)cc1. The summed E-state index contributed by atoms with van der Waals surface area (Å²) in [7, 11) is 0. The molecule has 352 valence electrons. The molecule has 0 radical (unpaired) electrons. The number of nitrogens with zero attached hydrogens (tertiary/aromatic N) is 3. The first-order chi connectivity index (χ1) is 30.2. The molecular weight excluding hydrogens is 828 g/mol. The first-order valence-electron chi connectivity index (χ1n) is 21.2. The number of hydrogen-bond acceptors (Lipinski definition) is 13. The van der Waals surface area contributed by atoms with E-state index in [0.29, 0.717) is 89.8 Å². The number of ether oxygens (including phenoxy) is 4. The van der Waals surface area contributed by atoms with Gasteiger partial charge in [0.1, 0.15) is 18.7 Å². The van der Waals surface area contributed by atoms with Gasteiger partial charge in [0.2, 0.25) is 5.91 Å². The number of urea groups is 1. The number of nitrogens with one attached hydrogen (secondary N) is 5. The van der Waals surface area contributed by atoms with Gasteiger partial charge in [-0.15, -0.1) is 5.10 Å². The molecule has 0 saturated heterocycles. The molecule has 22 nitrogen and oxygen atoms in total. The maximum absolute atomic E-state index is 12.6. The second kappa shape index (κ2) is 32.0. The van der Waals surface area contributed by atoms with Crippen molar-refractivity contribution in [2.45, 2.75) is 103 Å². The van der Waals surface area contributed by atoms with Gasteiger partial charge in [-0.1, -0.05) is 18.1 Å². The number of benzene rings is 1. The predicted molar refractivity (Wildman–Crippen MR) is 225 cm³/mol. The molecule has 2 rings (SSSR count). The van der Waals surface area contributed by atoms with E-state index in [1.165, 1.54) is 0 Å². The molecule has 0 saturated carbocycles. The van der Waals surface area contributed by atoms with E-state index < -0.39 is 42.4 Å². The highest BCUT2D eigenvalue weighted by Gasteiger charge is 2.25. The van der Waals surface area contributed by atoms with E-state index in [-0.39, 0.29) is 43.3 Å².